The van der Waals surface area contributed by atoms with Gasteiger partial charge in [0, 0.05) is 12.1 Å². The molecule has 1 fully saturated rings. The highest BCUT2D eigenvalue weighted by Gasteiger charge is 2.46. The molecule has 1 N–H and O–H groups in total. The van der Waals surface area contributed by atoms with Crippen molar-refractivity contribution in [1.29, 1.82) is 0 Å². The van der Waals surface area contributed by atoms with Crippen molar-refractivity contribution >= 4 is 11.5 Å². The minimum atomic E-state index is -0.0360. The number of rotatable bonds is 7. The highest BCUT2D eigenvalue weighted by molar-refractivity contribution is 5.77. The van der Waals surface area contributed by atoms with E-state index in [1.165, 1.54) is 0 Å². The Kier molecular flexibility index (Phi) is 4.63. The van der Waals surface area contributed by atoms with Crippen molar-refractivity contribution in [1.82, 2.24) is 0 Å². The van der Waals surface area contributed by atoms with Crippen LogP contribution in [-0.4, -0.2) is 25.0 Å². The van der Waals surface area contributed by atoms with E-state index in [2.05, 4.69) is 17.4 Å². The molecule has 0 unspecified atom stereocenters. The predicted octanol–water partition coefficient (Wildman–Crippen LogP) is 3.59. The number of hydrogen-bond donors (Lipinski definition) is 1. The molecule has 1 heterocycles. The number of benzene rings is 2. The van der Waals surface area contributed by atoms with Gasteiger partial charge in [-0.15, -0.1) is 0 Å². The number of hydrogen-bond acceptors (Lipinski definition) is 4. The van der Waals surface area contributed by atoms with Crippen LogP contribution in [0, 0.1) is 0 Å². The second kappa shape index (κ2) is 6.84. The third-order valence-electron chi connectivity index (χ3n) is 4.00. The van der Waals surface area contributed by atoms with E-state index < -0.39 is 0 Å². The molecule has 2 aromatic rings. The molecule has 0 spiro atoms. The van der Waals surface area contributed by atoms with E-state index in [1.807, 2.05) is 42.5 Å². The minimum absolute atomic E-state index is 0.0170. The number of ether oxygens (including phenoxy) is 2. The van der Waals surface area contributed by atoms with E-state index in [0.717, 1.165) is 17.0 Å². The topological polar surface area (TPSA) is 50.9 Å². The van der Waals surface area contributed by atoms with Gasteiger partial charge in [-0.1, -0.05) is 30.3 Å². The first kappa shape index (κ1) is 15.6. The maximum Gasteiger partial charge on any atom is 0.131 e. The van der Waals surface area contributed by atoms with Crippen molar-refractivity contribution in [3.8, 4) is 5.75 Å². The van der Waals surface area contributed by atoms with Crippen molar-refractivity contribution in [2.24, 2.45) is 0 Å². The Morgan fingerprint density at radius 2 is 1.87 bits per heavy atom. The van der Waals surface area contributed by atoms with Crippen LogP contribution in [0.1, 0.15) is 25.0 Å². The van der Waals surface area contributed by atoms with Crippen LogP contribution in [0.5, 0.6) is 5.75 Å². The molecular weight excluding hydrogens is 290 g/mol. The van der Waals surface area contributed by atoms with Crippen LogP contribution in [0.2, 0.25) is 0 Å². The molecule has 0 radical (unpaired) electrons. The molecule has 1 aliphatic heterocycles. The Balaban J connectivity index is 1.70. The lowest BCUT2D eigenvalue weighted by molar-refractivity contribution is -0.117. The Bertz CT molecular complexity index is 654. The van der Waals surface area contributed by atoms with Crippen LogP contribution in [0.25, 0.3) is 0 Å². The van der Waals surface area contributed by atoms with E-state index in [-0.39, 0.29) is 24.0 Å². The third-order valence-corrected chi connectivity index (χ3v) is 4.00. The standard InChI is InChI=1S/C19H21NO3/c1-13(21)12-17(20-15-8-10-16(22-2)11-9-15)19-18(23-19)14-6-4-3-5-7-14/h3-11,17-20H,12H2,1-2H3/t17-,18+,19+/m0/s1. The molecule has 2 aromatic carbocycles. The largest absolute Gasteiger partial charge is 0.497 e. The maximum atomic E-state index is 11.6. The van der Waals surface area contributed by atoms with Gasteiger partial charge in [-0.3, -0.25) is 4.79 Å². The average molecular weight is 311 g/mol. The van der Waals surface area contributed by atoms with Crippen LogP contribution in [0.15, 0.2) is 54.6 Å². The summed E-state index contributed by atoms with van der Waals surface area (Å²) < 4.78 is 11.0. The number of carbonyl (C=O) groups is 1. The smallest absolute Gasteiger partial charge is 0.131 e. The Labute approximate surface area is 136 Å². The quantitative estimate of drug-likeness (QED) is 0.794. The zero-order valence-corrected chi connectivity index (χ0v) is 13.4. The van der Waals surface area contributed by atoms with Gasteiger partial charge in [-0.25, -0.2) is 0 Å². The molecule has 0 bridgehead atoms. The summed E-state index contributed by atoms with van der Waals surface area (Å²) in [5, 5.41) is 3.42. The lowest BCUT2D eigenvalue weighted by atomic mass is 10.0. The molecule has 3 atom stereocenters. The SMILES string of the molecule is COc1ccc(N[C@@H](CC(C)=O)[C@H]2O[C@@H]2c2ccccc2)cc1. The summed E-state index contributed by atoms with van der Waals surface area (Å²) in [6, 6.07) is 17.8. The number of methoxy groups -OCH3 is 1. The number of carbonyl (C=O) groups excluding carboxylic acids is 1. The van der Waals surface area contributed by atoms with Crippen molar-refractivity contribution < 1.29 is 14.3 Å². The first-order chi connectivity index (χ1) is 11.2. The first-order valence-corrected chi connectivity index (χ1v) is 7.78. The van der Waals surface area contributed by atoms with Gasteiger partial charge >= 0.3 is 0 Å². The zero-order valence-electron chi connectivity index (χ0n) is 13.4. The summed E-state index contributed by atoms with van der Waals surface area (Å²) in [7, 11) is 1.64. The van der Waals surface area contributed by atoms with Gasteiger partial charge in [-0.2, -0.15) is 0 Å². The van der Waals surface area contributed by atoms with E-state index in [4.69, 9.17) is 9.47 Å². The van der Waals surface area contributed by atoms with Crippen LogP contribution < -0.4 is 10.1 Å². The van der Waals surface area contributed by atoms with Crippen LogP contribution in [0.3, 0.4) is 0 Å². The fourth-order valence-corrected chi connectivity index (χ4v) is 2.80. The van der Waals surface area contributed by atoms with E-state index in [9.17, 15) is 4.79 Å². The van der Waals surface area contributed by atoms with Gasteiger partial charge in [0.25, 0.3) is 0 Å². The number of Topliss-reactive ketones (excluding diaryl/α,β-unsaturated/α-hetero) is 1. The van der Waals surface area contributed by atoms with Crippen molar-refractivity contribution in [3.63, 3.8) is 0 Å². The van der Waals surface area contributed by atoms with E-state index >= 15 is 0 Å². The summed E-state index contributed by atoms with van der Waals surface area (Å²) in [5.74, 6) is 0.960. The normalized spacial score (nSPS) is 20.6. The fourth-order valence-electron chi connectivity index (χ4n) is 2.80. The van der Waals surface area contributed by atoms with Crippen LogP contribution in [-0.2, 0) is 9.53 Å². The molecular formula is C19H21NO3. The van der Waals surface area contributed by atoms with E-state index in [0.29, 0.717) is 6.42 Å². The zero-order chi connectivity index (χ0) is 16.2. The predicted molar refractivity (Wildman–Crippen MR) is 89.8 cm³/mol. The molecule has 0 saturated carbocycles. The summed E-state index contributed by atoms with van der Waals surface area (Å²) >= 11 is 0. The molecule has 1 saturated heterocycles. The summed E-state index contributed by atoms with van der Waals surface area (Å²) in [4.78, 5) is 11.6. The van der Waals surface area contributed by atoms with Crippen molar-refractivity contribution in [2.45, 2.75) is 31.6 Å². The molecule has 23 heavy (non-hydrogen) atoms. The highest BCUT2D eigenvalue weighted by Crippen LogP contribution is 2.42. The summed E-state index contributed by atoms with van der Waals surface area (Å²) in [5.41, 5.74) is 2.11. The van der Waals surface area contributed by atoms with Gasteiger partial charge in [0.15, 0.2) is 0 Å². The van der Waals surface area contributed by atoms with Crippen molar-refractivity contribution in [2.75, 3.05) is 12.4 Å². The second-order valence-electron chi connectivity index (χ2n) is 5.82. The van der Waals surface area contributed by atoms with Gasteiger partial charge in [0.05, 0.1) is 13.2 Å². The van der Waals surface area contributed by atoms with Crippen molar-refractivity contribution in [3.05, 3.63) is 60.2 Å². The number of nitrogens with one attached hydrogen (secondary N) is 1. The molecule has 1 aliphatic rings. The maximum absolute atomic E-state index is 11.6. The number of anilines is 1. The molecule has 0 aromatic heterocycles. The number of epoxide rings is 1. The van der Waals surface area contributed by atoms with Gasteiger partial charge in [0.1, 0.15) is 23.7 Å². The highest BCUT2D eigenvalue weighted by atomic mass is 16.6. The van der Waals surface area contributed by atoms with Gasteiger partial charge < -0.3 is 14.8 Å². The minimum Gasteiger partial charge on any atom is -0.497 e. The lowest BCUT2D eigenvalue weighted by Crippen LogP contribution is -2.28. The molecule has 4 heteroatoms. The Morgan fingerprint density at radius 3 is 2.48 bits per heavy atom. The average Bonchev–Trinajstić information content (AvgIpc) is 3.36. The Hall–Kier alpha value is -2.33. The summed E-state index contributed by atoms with van der Waals surface area (Å²) in [6.45, 7) is 1.61. The van der Waals surface area contributed by atoms with Gasteiger partial charge in [-0.05, 0) is 36.8 Å². The third kappa shape index (κ3) is 3.90. The molecule has 3 rings (SSSR count). The molecule has 0 amide bonds. The second-order valence-corrected chi connectivity index (χ2v) is 5.82. The monoisotopic (exact) mass is 311 g/mol. The van der Waals surface area contributed by atoms with Gasteiger partial charge in [0.2, 0.25) is 0 Å². The molecule has 120 valence electrons. The summed E-state index contributed by atoms with van der Waals surface area (Å²) in [6.07, 6.45) is 0.523. The first-order valence-electron chi connectivity index (χ1n) is 7.78. The molecule has 4 nitrogen and oxygen atoms in total. The number of ketones is 1. The fraction of sp³-hybridized carbons (Fsp3) is 0.316. The van der Waals surface area contributed by atoms with Crippen LogP contribution >= 0.6 is 0 Å². The Morgan fingerprint density at radius 1 is 1.17 bits per heavy atom. The van der Waals surface area contributed by atoms with E-state index in [1.54, 1.807) is 14.0 Å². The molecule has 0 aliphatic carbocycles. The lowest BCUT2D eigenvalue weighted by Gasteiger charge is -2.17. The van der Waals surface area contributed by atoms with Crippen LogP contribution in [0.4, 0.5) is 5.69 Å².